The van der Waals surface area contributed by atoms with Crippen LogP contribution in [0.4, 0.5) is 11.4 Å². The molecule has 1 aliphatic carbocycles. The van der Waals surface area contributed by atoms with E-state index in [2.05, 4.69) is 51.6 Å². The zero-order chi connectivity index (χ0) is 26.9. The van der Waals surface area contributed by atoms with Gasteiger partial charge in [-0.05, 0) is 56.2 Å². The van der Waals surface area contributed by atoms with Gasteiger partial charge < -0.3 is 14.2 Å². The minimum atomic E-state index is -3.73. The van der Waals surface area contributed by atoms with E-state index < -0.39 is 15.6 Å². The van der Waals surface area contributed by atoms with Gasteiger partial charge in [0, 0.05) is 58.9 Å². The van der Waals surface area contributed by atoms with Crippen LogP contribution in [0.25, 0.3) is 6.08 Å². The van der Waals surface area contributed by atoms with Crippen LogP contribution in [0.1, 0.15) is 35.9 Å². The third-order valence-corrected chi connectivity index (χ3v) is 8.82. The first-order valence-corrected chi connectivity index (χ1v) is 14.6. The summed E-state index contributed by atoms with van der Waals surface area (Å²) < 4.78 is 34.7. The summed E-state index contributed by atoms with van der Waals surface area (Å²) in [5.74, 6) is 0.456. The Morgan fingerprint density at radius 2 is 1.95 bits per heavy atom. The smallest absolute Gasteiger partial charge is 0.343 e. The topological polar surface area (TPSA) is 98.5 Å². The molecule has 9 nitrogen and oxygen atoms in total. The number of aryl methyl sites for hydroxylation is 2. The minimum absolute atomic E-state index is 0. The van der Waals surface area contributed by atoms with Crippen LogP contribution in [0.3, 0.4) is 0 Å². The molecule has 0 radical (unpaired) electrons. The minimum Gasteiger partial charge on any atom is -0.427 e. The molecule has 0 saturated carbocycles. The Balaban J connectivity index is 0.00000353. The number of hydrogen-bond donors (Lipinski definition) is 1. The molecule has 0 spiro atoms. The van der Waals surface area contributed by atoms with Crippen molar-refractivity contribution in [1.82, 2.24) is 9.62 Å². The maximum absolute atomic E-state index is 13.2. The summed E-state index contributed by atoms with van der Waals surface area (Å²) in [4.78, 5) is 23.4. The lowest BCUT2D eigenvalue weighted by molar-refractivity contribution is 0.255. The predicted molar refractivity (Wildman–Crippen MR) is 155 cm³/mol. The molecule has 1 saturated heterocycles. The van der Waals surface area contributed by atoms with Crippen LogP contribution in [0.15, 0.2) is 49.5 Å². The van der Waals surface area contributed by atoms with E-state index in [0.29, 0.717) is 35.5 Å². The molecule has 3 aliphatic rings. The first-order chi connectivity index (χ1) is 18.2. The molecule has 2 aromatic rings. The van der Waals surface area contributed by atoms with Crippen LogP contribution in [0.2, 0.25) is 0 Å². The number of anilines is 2. The van der Waals surface area contributed by atoms with E-state index >= 15 is 0 Å². The van der Waals surface area contributed by atoms with E-state index in [-0.39, 0.29) is 12.9 Å². The number of aliphatic imine (C=N–C) groups is 1. The van der Waals surface area contributed by atoms with E-state index in [0.717, 1.165) is 39.1 Å². The Morgan fingerprint density at radius 3 is 2.74 bits per heavy atom. The lowest BCUT2D eigenvalue weighted by Crippen LogP contribution is -2.47. The quantitative estimate of drug-likeness (QED) is 0.540. The van der Waals surface area contributed by atoms with Gasteiger partial charge in [-0.1, -0.05) is 18.2 Å². The van der Waals surface area contributed by atoms with Gasteiger partial charge in [0.2, 0.25) is 10.0 Å². The second kappa shape index (κ2) is 10.9. The van der Waals surface area contributed by atoms with Crippen LogP contribution in [-0.4, -0.2) is 66.0 Å². The summed E-state index contributed by atoms with van der Waals surface area (Å²) in [5.41, 5.74) is 5.15. The summed E-state index contributed by atoms with van der Waals surface area (Å²) in [6.07, 6.45) is 7.61. The molecule has 0 unspecified atom stereocenters. The van der Waals surface area contributed by atoms with Crippen molar-refractivity contribution in [1.29, 1.82) is 0 Å². The number of rotatable bonds is 7. The van der Waals surface area contributed by atoms with Crippen molar-refractivity contribution in [3.63, 3.8) is 0 Å². The Hall–Kier alpha value is -3.21. The van der Waals surface area contributed by atoms with Crippen molar-refractivity contribution < 1.29 is 14.3 Å². The van der Waals surface area contributed by atoms with Gasteiger partial charge in [-0.15, -0.1) is 0 Å². The van der Waals surface area contributed by atoms with Gasteiger partial charge in [-0.3, -0.25) is 9.89 Å². The highest BCUT2D eigenvalue weighted by Gasteiger charge is 2.26. The molecular formula is C28H37N5O4S. The van der Waals surface area contributed by atoms with Crippen molar-refractivity contribution in [2.24, 2.45) is 4.99 Å². The molecule has 1 N–H and O–H groups in total. The van der Waals surface area contributed by atoms with E-state index in [9.17, 15) is 13.2 Å². The molecule has 3 heterocycles. The van der Waals surface area contributed by atoms with E-state index in [1.54, 1.807) is 36.5 Å². The van der Waals surface area contributed by atoms with Crippen molar-refractivity contribution in [2.45, 2.75) is 33.2 Å². The van der Waals surface area contributed by atoms with Crippen LogP contribution in [0.5, 0.6) is 0 Å². The fraction of sp³-hybridized carbons (Fsp3) is 0.429. The van der Waals surface area contributed by atoms with Gasteiger partial charge in [-0.25, -0.2) is 17.9 Å². The number of nitrogens with one attached hydrogen (secondary N) is 1. The number of piperazine rings is 1. The molecule has 0 atom stereocenters. The Labute approximate surface area is 225 Å². The molecule has 0 amide bonds. The molecule has 5 rings (SSSR count). The van der Waals surface area contributed by atoms with Crippen molar-refractivity contribution in [3.05, 3.63) is 73.7 Å². The van der Waals surface area contributed by atoms with Crippen molar-refractivity contribution in [2.75, 3.05) is 56.1 Å². The van der Waals surface area contributed by atoms with Gasteiger partial charge in [0.1, 0.15) is 5.76 Å². The number of fused-ring (bicyclic) bond motifs is 3. The first-order valence-electron chi connectivity index (χ1n) is 13.1. The highest BCUT2D eigenvalue weighted by Crippen LogP contribution is 2.32. The third kappa shape index (κ3) is 5.48. The summed E-state index contributed by atoms with van der Waals surface area (Å²) in [7, 11) is -1.94. The summed E-state index contributed by atoms with van der Waals surface area (Å²) in [6.45, 7) is 9.53. The average molecular weight is 540 g/mol. The second-order valence-electron chi connectivity index (χ2n) is 10.1. The van der Waals surface area contributed by atoms with Gasteiger partial charge >= 0.3 is 5.63 Å². The maximum atomic E-state index is 13.2. The van der Waals surface area contributed by atoms with E-state index in [1.807, 2.05) is 0 Å². The number of sulfonamides is 1. The molecule has 10 heteroatoms. The summed E-state index contributed by atoms with van der Waals surface area (Å²) in [5, 5.41) is 0. The SMILES string of the molecule is Cc1ccc(C)c(N2CCN(CCCNS(=O)(=O)C3=Cc4c(oc(=O)c5c4N(C)C=NC5)CC=C3)CC2)c1.[HH]. The lowest BCUT2D eigenvalue weighted by atomic mass is 10.1. The first kappa shape index (κ1) is 26.4. The Kier molecular flexibility index (Phi) is 7.56. The molecule has 0 bridgehead atoms. The Bertz CT molecular complexity index is 1470. The average Bonchev–Trinajstić information content (AvgIpc) is 3.12. The lowest BCUT2D eigenvalue weighted by Gasteiger charge is -2.37. The molecule has 1 aromatic carbocycles. The fourth-order valence-electron chi connectivity index (χ4n) is 5.28. The van der Waals surface area contributed by atoms with Crippen molar-refractivity contribution in [3.8, 4) is 0 Å². The molecule has 2 aliphatic heterocycles. The van der Waals surface area contributed by atoms with E-state index in [4.69, 9.17) is 4.42 Å². The Morgan fingerprint density at radius 1 is 1.16 bits per heavy atom. The summed E-state index contributed by atoms with van der Waals surface area (Å²) in [6, 6.07) is 6.58. The summed E-state index contributed by atoms with van der Waals surface area (Å²) >= 11 is 0. The zero-order valence-electron chi connectivity index (χ0n) is 22.2. The number of benzene rings is 1. The molecule has 204 valence electrons. The number of allylic oxidation sites excluding steroid dienone is 2. The van der Waals surface area contributed by atoms with Crippen LogP contribution in [-0.2, 0) is 23.0 Å². The predicted octanol–water partition coefficient (Wildman–Crippen LogP) is 3.07. The van der Waals surface area contributed by atoms with E-state index in [1.165, 1.54) is 16.8 Å². The molecular weight excluding hydrogens is 502 g/mol. The van der Waals surface area contributed by atoms with Gasteiger partial charge in [0.05, 0.1) is 29.0 Å². The van der Waals surface area contributed by atoms with Crippen LogP contribution < -0.4 is 20.1 Å². The second-order valence-corrected chi connectivity index (χ2v) is 11.9. The number of nitrogens with zero attached hydrogens (tertiary/aromatic N) is 4. The monoisotopic (exact) mass is 539 g/mol. The highest BCUT2D eigenvalue weighted by molar-refractivity contribution is 7.93. The van der Waals surface area contributed by atoms with Crippen molar-refractivity contribution >= 4 is 33.8 Å². The van der Waals surface area contributed by atoms with Crippen LogP contribution in [0, 0.1) is 13.8 Å². The number of hydrogen-bond acceptors (Lipinski definition) is 8. The van der Waals surface area contributed by atoms with Gasteiger partial charge in [0.15, 0.2) is 0 Å². The standard InChI is InChI=1S/C28H35N5O4S.H2/c1-20-8-9-21(2)25(16-20)33-14-12-32(13-15-33)11-5-10-30-38(35,36)22-6-4-7-26-23(17-22)27-24(28(34)37-26)18-29-19-31(27)3;/h4,6,8-9,16-17,19,30H,5,7,10-15,18H2,1-3H3;1H. The highest BCUT2D eigenvalue weighted by atomic mass is 32.2. The third-order valence-electron chi connectivity index (χ3n) is 7.36. The van der Waals surface area contributed by atoms with Gasteiger partial charge in [-0.2, -0.15) is 0 Å². The molecule has 38 heavy (non-hydrogen) atoms. The van der Waals surface area contributed by atoms with Gasteiger partial charge in [0.25, 0.3) is 0 Å². The van der Waals surface area contributed by atoms with Crippen LogP contribution >= 0.6 is 0 Å². The maximum Gasteiger partial charge on any atom is 0.343 e. The fourth-order valence-corrected chi connectivity index (χ4v) is 6.41. The zero-order valence-corrected chi connectivity index (χ0v) is 23.1. The molecule has 1 fully saturated rings. The molecule has 1 aromatic heterocycles. The largest absolute Gasteiger partial charge is 0.427 e. The normalized spacial score (nSPS) is 17.7.